The van der Waals surface area contributed by atoms with Gasteiger partial charge >= 0.3 is 0 Å². The quantitative estimate of drug-likeness (QED) is 0.898. The van der Waals surface area contributed by atoms with Crippen LogP contribution in [0.4, 0.5) is 5.69 Å². The average molecular weight is 276 g/mol. The molecule has 2 atom stereocenters. The molecular formula is C15H24N4O. The lowest BCUT2D eigenvalue weighted by Crippen LogP contribution is -2.37. The van der Waals surface area contributed by atoms with Crippen molar-refractivity contribution in [2.75, 3.05) is 18.0 Å². The highest BCUT2D eigenvalue weighted by Crippen LogP contribution is 2.31. The highest BCUT2D eigenvalue weighted by atomic mass is 16.1. The molecular weight excluding hydrogens is 252 g/mol. The van der Waals surface area contributed by atoms with E-state index in [2.05, 4.69) is 16.9 Å². The van der Waals surface area contributed by atoms with Gasteiger partial charge < -0.3 is 10.6 Å². The predicted octanol–water partition coefficient (Wildman–Crippen LogP) is 1.22. The molecule has 1 aromatic heterocycles. The second-order valence-corrected chi connectivity index (χ2v) is 6.43. The van der Waals surface area contributed by atoms with Gasteiger partial charge in [-0.25, -0.2) is 4.68 Å². The fourth-order valence-electron chi connectivity index (χ4n) is 3.03. The maximum atomic E-state index is 12.2. The molecule has 2 unspecified atom stereocenters. The van der Waals surface area contributed by atoms with Gasteiger partial charge in [-0.1, -0.05) is 6.92 Å². The van der Waals surface area contributed by atoms with Crippen LogP contribution in [0.1, 0.15) is 32.6 Å². The summed E-state index contributed by atoms with van der Waals surface area (Å²) in [5, 5.41) is 4.31. The van der Waals surface area contributed by atoms with Gasteiger partial charge in [-0.05, 0) is 37.5 Å². The van der Waals surface area contributed by atoms with Crippen LogP contribution in [-0.2, 0) is 6.54 Å². The highest BCUT2D eigenvalue weighted by molar-refractivity contribution is 5.43. The Morgan fingerprint density at radius 1 is 1.45 bits per heavy atom. The van der Waals surface area contributed by atoms with Crippen LogP contribution < -0.4 is 16.2 Å². The first-order valence-corrected chi connectivity index (χ1v) is 7.71. The molecule has 0 spiro atoms. The zero-order valence-corrected chi connectivity index (χ0v) is 12.2. The number of hydrogen-bond donors (Lipinski definition) is 1. The van der Waals surface area contributed by atoms with Crippen molar-refractivity contribution in [3.63, 3.8) is 0 Å². The summed E-state index contributed by atoms with van der Waals surface area (Å²) >= 11 is 0. The molecule has 1 aliphatic heterocycles. The summed E-state index contributed by atoms with van der Waals surface area (Å²) in [6.07, 6.45) is 6.67. The Bertz CT molecular complexity index is 523. The molecule has 1 saturated carbocycles. The van der Waals surface area contributed by atoms with Crippen molar-refractivity contribution in [3.8, 4) is 0 Å². The molecule has 1 aliphatic carbocycles. The molecule has 2 heterocycles. The van der Waals surface area contributed by atoms with Gasteiger partial charge in [-0.15, -0.1) is 0 Å². The first-order chi connectivity index (χ1) is 9.63. The largest absolute Gasteiger partial charge is 0.370 e. The molecule has 1 saturated heterocycles. The van der Waals surface area contributed by atoms with E-state index in [1.807, 2.05) is 6.20 Å². The highest BCUT2D eigenvalue weighted by Gasteiger charge is 2.29. The minimum atomic E-state index is -0.0307. The van der Waals surface area contributed by atoms with Crippen molar-refractivity contribution >= 4 is 5.69 Å². The number of rotatable bonds is 4. The topological polar surface area (TPSA) is 64.2 Å². The minimum absolute atomic E-state index is 0.0307. The zero-order valence-electron chi connectivity index (χ0n) is 12.2. The molecule has 1 aromatic rings. The predicted molar refractivity (Wildman–Crippen MR) is 79.8 cm³/mol. The Kier molecular flexibility index (Phi) is 3.78. The summed E-state index contributed by atoms with van der Waals surface area (Å²) in [7, 11) is 0. The number of nitrogens with zero attached hydrogens (tertiary/aromatic N) is 3. The molecule has 110 valence electrons. The van der Waals surface area contributed by atoms with Gasteiger partial charge in [-0.3, -0.25) is 4.79 Å². The van der Waals surface area contributed by atoms with E-state index < -0.39 is 0 Å². The fourth-order valence-corrected chi connectivity index (χ4v) is 3.03. The number of piperidine rings is 1. The molecule has 5 heteroatoms. The van der Waals surface area contributed by atoms with Gasteiger partial charge in [0.05, 0.1) is 18.4 Å². The van der Waals surface area contributed by atoms with E-state index in [0.717, 1.165) is 18.8 Å². The van der Waals surface area contributed by atoms with Crippen LogP contribution >= 0.6 is 0 Å². The van der Waals surface area contributed by atoms with Gasteiger partial charge in [0.15, 0.2) is 0 Å². The van der Waals surface area contributed by atoms with E-state index >= 15 is 0 Å². The Labute approximate surface area is 119 Å². The average Bonchev–Trinajstić information content (AvgIpc) is 3.25. The van der Waals surface area contributed by atoms with Crippen LogP contribution in [0.2, 0.25) is 0 Å². The lowest BCUT2D eigenvalue weighted by atomic mass is 10.00. The lowest BCUT2D eigenvalue weighted by Gasteiger charge is -2.32. The smallest absolute Gasteiger partial charge is 0.268 e. The summed E-state index contributed by atoms with van der Waals surface area (Å²) in [6, 6.07) is 1.78. The molecule has 2 aliphatic rings. The van der Waals surface area contributed by atoms with Gasteiger partial charge in [0.25, 0.3) is 5.56 Å². The molecule has 3 rings (SSSR count). The number of aromatic nitrogens is 2. The van der Waals surface area contributed by atoms with E-state index in [9.17, 15) is 4.79 Å². The third-order valence-electron chi connectivity index (χ3n) is 4.49. The van der Waals surface area contributed by atoms with E-state index in [0.29, 0.717) is 18.4 Å². The van der Waals surface area contributed by atoms with Gasteiger partial charge in [0, 0.05) is 25.2 Å². The molecule has 0 radical (unpaired) electrons. The van der Waals surface area contributed by atoms with Crippen LogP contribution in [0, 0.1) is 11.8 Å². The first-order valence-electron chi connectivity index (χ1n) is 7.71. The monoisotopic (exact) mass is 276 g/mol. The third kappa shape index (κ3) is 3.03. The van der Waals surface area contributed by atoms with Crippen molar-refractivity contribution in [2.24, 2.45) is 17.6 Å². The number of nitrogens with two attached hydrogens (primary N) is 1. The van der Waals surface area contributed by atoms with Gasteiger partial charge in [0.1, 0.15) is 0 Å². The molecule has 2 fully saturated rings. The molecule has 0 amide bonds. The lowest BCUT2D eigenvalue weighted by molar-refractivity contribution is 0.440. The van der Waals surface area contributed by atoms with Crippen LogP contribution in [0.3, 0.4) is 0 Å². The Morgan fingerprint density at radius 2 is 2.25 bits per heavy atom. The maximum absolute atomic E-state index is 12.2. The summed E-state index contributed by atoms with van der Waals surface area (Å²) in [5.41, 5.74) is 6.99. The van der Waals surface area contributed by atoms with Crippen molar-refractivity contribution in [2.45, 2.75) is 45.2 Å². The summed E-state index contributed by atoms with van der Waals surface area (Å²) in [5.74, 6) is 1.28. The van der Waals surface area contributed by atoms with Gasteiger partial charge in [-0.2, -0.15) is 5.10 Å². The number of anilines is 1. The minimum Gasteiger partial charge on any atom is -0.370 e. The zero-order chi connectivity index (χ0) is 14.1. The Hall–Kier alpha value is -1.36. The Morgan fingerprint density at radius 3 is 2.90 bits per heavy atom. The summed E-state index contributed by atoms with van der Waals surface area (Å²) in [4.78, 5) is 14.4. The molecule has 2 N–H and O–H groups in total. The second kappa shape index (κ2) is 5.56. The van der Waals surface area contributed by atoms with Crippen LogP contribution in [-0.4, -0.2) is 28.9 Å². The molecule has 0 bridgehead atoms. The number of hydrogen-bond acceptors (Lipinski definition) is 4. The third-order valence-corrected chi connectivity index (χ3v) is 4.49. The van der Waals surface area contributed by atoms with E-state index in [4.69, 9.17) is 5.73 Å². The maximum Gasteiger partial charge on any atom is 0.268 e. The van der Waals surface area contributed by atoms with Crippen LogP contribution in [0.15, 0.2) is 17.1 Å². The summed E-state index contributed by atoms with van der Waals surface area (Å²) in [6.45, 7) is 4.85. The van der Waals surface area contributed by atoms with Crippen molar-refractivity contribution in [3.05, 3.63) is 22.6 Å². The summed E-state index contributed by atoms with van der Waals surface area (Å²) < 4.78 is 1.51. The van der Waals surface area contributed by atoms with E-state index in [1.54, 1.807) is 6.07 Å². The van der Waals surface area contributed by atoms with Crippen LogP contribution in [0.25, 0.3) is 0 Å². The van der Waals surface area contributed by atoms with E-state index in [-0.39, 0.29) is 11.6 Å². The van der Waals surface area contributed by atoms with Crippen molar-refractivity contribution in [1.82, 2.24) is 9.78 Å². The fraction of sp³-hybridized carbons (Fsp3) is 0.733. The SMILES string of the molecule is CC1CCCN(c2cnn(CC(N)C3CC3)c(=O)c2)C1. The first kappa shape index (κ1) is 13.6. The standard InChI is InChI=1S/C15H24N4O/c1-11-3-2-6-18(9-11)13-7-15(20)19(17-8-13)10-14(16)12-4-5-12/h7-8,11-12,14H,2-6,9-10,16H2,1H3. The van der Waals surface area contributed by atoms with Crippen LogP contribution in [0.5, 0.6) is 0 Å². The molecule has 0 aromatic carbocycles. The molecule has 5 nitrogen and oxygen atoms in total. The van der Waals surface area contributed by atoms with Crippen molar-refractivity contribution < 1.29 is 0 Å². The Balaban J connectivity index is 1.71. The molecule has 20 heavy (non-hydrogen) atoms. The van der Waals surface area contributed by atoms with E-state index in [1.165, 1.54) is 30.4 Å². The second-order valence-electron chi connectivity index (χ2n) is 6.43. The van der Waals surface area contributed by atoms with Crippen molar-refractivity contribution in [1.29, 1.82) is 0 Å². The van der Waals surface area contributed by atoms with Gasteiger partial charge in [0.2, 0.25) is 0 Å². The normalized spacial score (nSPS) is 24.7.